The summed E-state index contributed by atoms with van der Waals surface area (Å²) in [5.74, 6) is 1.21. The molecule has 2 aliphatic heterocycles. The molecule has 3 heterocycles. The lowest BCUT2D eigenvalue weighted by molar-refractivity contribution is 0.217. The fourth-order valence-corrected chi connectivity index (χ4v) is 3.75. The van der Waals surface area contributed by atoms with E-state index in [0.717, 1.165) is 19.5 Å². The zero-order valence-corrected chi connectivity index (χ0v) is 14.2. The smallest absolute Gasteiger partial charge is 0.133 e. The van der Waals surface area contributed by atoms with Gasteiger partial charge in [0.25, 0.3) is 0 Å². The van der Waals surface area contributed by atoms with Crippen LogP contribution in [-0.2, 0) is 13.0 Å². The number of hydrogen-bond donors (Lipinski definition) is 1. The normalized spacial score (nSPS) is 18.0. The first kappa shape index (κ1) is 14.8. The van der Waals surface area contributed by atoms with Gasteiger partial charge in [-0.25, -0.2) is 4.68 Å². The number of anilines is 1. The molecule has 1 N–H and O–H groups in total. The third-order valence-corrected chi connectivity index (χ3v) is 5.29. The van der Waals surface area contributed by atoms with E-state index in [0.29, 0.717) is 0 Å². The van der Waals surface area contributed by atoms with Crippen LogP contribution in [0.3, 0.4) is 0 Å². The Morgan fingerprint density at radius 2 is 1.91 bits per heavy atom. The zero-order chi connectivity index (χ0) is 15.8. The Balaban J connectivity index is 1.68. The van der Waals surface area contributed by atoms with E-state index >= 15 is 0 Å². The molecule has 0 saturated carbocycles. The van der Waals surface area contributed by atoms with Gasteiger partial charge in [-0.15, -0.1) is 0 Å². The van der Waals surface area contributed by atoms with Gasteiger partial charge in [0.1, 0.15) is 5.82 Å². The van der Waals surface area contributed by atoms with Crippen molar-refractivity contribution in [2.75, 3.05) is 25.0 Å². The van der Waals surface area contributed by atoms with Crippen molar-refractivity contribution < 1.29 is 0 Å². The lowest BCUT2D eigenvalue weighted by atomic mass is 10.1. The highest BCUT2D eigenvalue weighted by Crippen LogP contribution is 2.30. The van der Waals surface area contributed by atoms with E-state index in [1.807, 2.05) is 0 Å². The number of rotatable bonds is 3. The summed E-state index contributed by atoms with van der Waals surface area (Å²) in [6, 6.07) is 6.62. The highest BCUT2D eigenvalue weighted by molar-refractivity contribution is 5.57. The third-order valence-electron chi connectivity index (χ3n) is 5.29. The summed E-state index contributed by atoms with van der Waals surface area (Å²) in [5, 5.41) is 8.52. The number of piperidine rings is 1. The van der Waals surface area contributed by atoms with Crippen LogP contribution in [0.25, 0.3) is 5.69 Å². The van der Waals surface area contributed by atoms with E-state index in [1.54, 1.807) is 0 Å². The molecule has 1 saturated heterocycles. The van der Waals surface area contributed by atoms with Crippen molar-refractivity contribution in [1.82, 2.24) is 14.7 Å². The first-order valence-electron chi connectivity index (χ1n) is 8.87. The average Bonchev–Trinajstić information content (AvgIpc) is 3.15. The van der Waals surface area contributed by atoms with E-state index in [-0.39, 0.29) is 0 Å². The van der Waals surface area contributed by atoms with Gasteiger partial charge in [0.05, 0.1) is 11.4 Å². The van der Waals surface area contributed by atoms with E-state index in [2.05, 4.69) is 46.9 Å². The molecular weight excluding hydrogens is 284 g/mol. The fourth-order valence-electron chi connectivity index (χ4n) is 3.75. The Morgan fingerprint density at radius 3 is 2.70 bits per heavy atom. The standard InChI is InChI=1S/C19H26N4/c1-14-6-7-16(12-15(14)2)23-19-17(8-9-20-19)18(21-23)13-22-10-4-3-5-11-22/h6-7,12,20H,3-5,8-11,13H2,1-2H3. The van der Waals surface area contributed by atoms with Crippen molar-refractivity contribution in [3.63, 3.8) is 0 Å². The number of aromatic nitrogens is 2. The fraction of sp³-hybridized carbons (Fsp3) is 0.526. The number of likely N-dealkylation sites (tertiary alicyclic amines) is 1. The Morgan fingerprint density at radius 1 is 1.09 bits per heavy atom. The molecule has 23 heavy (non-hydrogen) atoms. The second-order valence-corrected chi connectivity index (χ2v) is 6.97. The van der Waals surface area contributed by atoms with Crippen molar-refractivity contribution in [3.05, 3.63) is 40.6 Å². The lowest BCUT2D eigenvalue weighted by Gasteiger charge is -2.25. The highest BCUT2D eigenvalue weighted by Gasteiger charge is 2.24. The number of benzene rings is 1. The maximum Gasteiger partial charge on any atom is 0.133 e. The minimum atomic E-state index is 1.00. The third kappa shape index (κ3) is 2.76. The largest absolute Gasteiger partial charge is 0.369 e. The highest BCUT2D eigenvalue weighted by atomic mass is 15.4. The van der Waals surface area contributed by atoms with Crippen LogP contribution in [0.5, 0.6) is 0 Å². The first-order valence-corrected chi connectivity index (χ1v) is 8.87. The summed E-state index contributed by atoms with van der Waals surface area (Å²) in [7, 11) is 0. The molecule has 0 unspecified atom stereocenters. The van der Waals surface area contributed by atoms with Crippen molar-refractivity contribution >= 4 is 5.82 Å². The first-order chi connectivity index (χ1) is 11.2. The topological polar surface area (TPSA) is 33.1 Å². The molecule has 4 nitrogen and oxygen atoms in total. The molecule has 2 aromatic rings. The predicted octanol–water partition coefficient (Wildman–Crippen LogP) is 3.44. The molecule has 0 atom stereocenters. The number of nitrogens with zero attached hydrogens (tertiary/aromatic N) is 3. The number of nitrogens with one attached hydrogen (secondary N) is 1. The van der Waals surface area contributed by atoms with Crippen molar-refractivity contribution in [1.29, 1.82) is 0 Å². The maximum atomic E-state index is 4.98. The van der Waals surface area contributed by atoms with Crippen LogP contribution in [-0.4, -0.2) is 34.3 Å². The molecule has 0 radical (unpaired) electrons. The van der Waals surface area contributed by atoms with Crippen LogP contribution in [0.2, 0.25) is 0 Å². The zero-order valence-electron chi connectivity index (χ0n) is 14.2. The Kier molecular flexibility index (Phi) is 3.85. The van der Waals surface area contributed by atoms with Crippen LogP contribution in [0.15, 0.2) is 18.2 Å². The summed E-state index contributed by atoms with van der Waals surface area (Å²) in [5.41, 5.74) is 6.52. The lowest BCUT2D eigenvalue weighted by Crippen LogP contribution is -2.29. The Labute approximate surface area is 138 Å². The summed E-state index contributed by atoms with van der Waals surface area (Å²) < 4.78 is 2.12. The Hall–Kier alpha value is -1.81. The van der Waals surface area contributed by atoms with Crippen LogP contribution < -0.4 is 5.32 Å². The summed E-state index contributed by atoms with van der Waals surface area (Å²) in [6.45, 7) is 8.81. The van der Waals surface area contributed by atoms with Crippen LogP contribution in [0, 0.1) is 13.8 Å². The van der Waals surface area contributed by atoms with Gasteiger partial charge in [0, 0.05) is 18.7 Å². The number of aryl methyl sites for hydroxylation is 2. The molecule has 1 aromatic carbocycles. The molecule has 0 amide bonds. The minimum Gasteiger partial charge on any atom is -0.369 e. The predicted molar refractivity (Wildman–Crippen MR) is 94.4 cm³/mol. The molecule has 2 aliphatic rings. The van der Waals surface area contributed by atoms with Gasteiger partial charge in [0.2, 0.25) is 0 Å². The van der Waals surface area contributed by atoms with Gasteiger partial charge in [-0.1, -0.05) is 12.5 Å². The Bertz CT molecular complexity index is 710. The minimum absolute atomic E-state index is 1.00. The van der Waals surface area contributed by atoms with E-state index in [4.69, 9.17) is 5.10 Å². The van der Waals surface area contributed by atoms with Gasteiger partial charge in [-0.2, -0.15) is 5.10 Å². The number of hydrogen-bond acceptors (Lipinski definition) is 3. The molecule has 1 fully saturated rings. The van der Waals surface area contributed by atoms with Crippen molar-refractivity contribution in [2.24, 2.45) is 0 Å². The summed E-state index contributed by atoms with van der Waals surface area (Å²) in [4.78, 5) is 2.56. The SMILES string of the molecule is Cc1ccc(-n2nc(CN3CCCCC3)c3c2NCC3)cc1C. The van der Waals surface area contributed by atoms with Crippen molar-refractivity contribution in [2.45, 2.75) is 46.1 Å². The van der Waals surface area contributed by atoms with E-state index in [9.17, 15) is 0 Å². The molecule has 4 heteroatoms. The van der Waals surface area contributed by atoms with Gasteiger partial charge in [0.15, 0.2) is 0 Å². The maximum absolute atomic E-state index is 4.98. The average molecular weight is 310 g/mol. The van der Waals surface area contributed by atoms with Gasteiger partial charge in [-0.3, -0.25) is 4.90 Å². The van der Waals surface area contributed by atoms with Gasteiger partial charge in [-0.05, 0) is 69.5 Å². The number of fused-ring (bicyclic) bond motifs is 1. The van der Waals surface area contributed by atoms with E-state index < -0.39 is 0 Å². The summed E-state index contributed by atoms with van der Waals surface area (Å²) >= 11 is 0. The molecule has 0 bridgehead atoms. The monoisotopic (exact) mass is 310 g/mol. The second kappa shape index (κ2) is 6.00. The van der Waals surface area contributed by atoms with Gasteiger partial charge < -0.3 is 5.32 Å². The molecule has 122 valence electrons. The van der Waals surface area contributed by atoms with E-state index in [1.165, 1.54) is 66.2 Å². The molecule has 0 spiro atoms. The van der Waals surface area contributed by atoms with Crippen LogP contribution in [0.1, 0.15) is 41.6 Å². The van der Waals surface area contributed by atoms with Crippen molar-refractivity contribution in [3.8, 4) is 5.69 Å². The second-order valence-electron chi connectivity index (χ2n) is 6.97. The molecule has 4 rings (SSSR count). The summed E-state index contributed by atoms with van der Waals surface area (Å²) in [6.07, 6.45) is 5.15. The van der Waals surface area contributed by atoms with Gasteiger partial charge >= 0.3 is 0 Å². The molecule has 1 aromatic heterocycles. The molecule has 0 aliphatic carbocycles. The van der Waals surface area contributed by atoms with Crippen LogP contribution in [0.4, 0.5) is 5.82 Å². The molecular formula is C19H26N4. The van der Waals surface area contributed by atoms with Crippen LogP contribution >= 0.6 is 0 Å². The quantitative estimate of drug-likeness (QED) is 0.942.